The Morgan fingerprint density at radius 1 is 1.64 bits per heavy atom. The number of hydrogen-bond donors (Lipinski definition) is 1. The van der Waals surface area contributed by atoms with Crippen molar-refractivity contribution in [1.82, 2.24) is 5.32 Å². The molecule has 0 rings (SSSR count). The van der Waals surface area contributed by atoms with Crippen LogP contribution in [0.5, 0.6) is 0 Å². The number of unbranched alkanes of at least 4 members (excludes halogenated alkanes) is 1. The minimum atomic E-state index is -0.319. The summed E-state index contributed by atoms with van der Waals surface area (Å²) in [5, 5.41) is 2.61. The molecule has 0 spiro atoms. The predicted molar refractivity (Wildman–Crippen MR) is 44.2 cm³/mol. The van der Waals surface area contributed by atoms with E-state index in [1.54, 1.807) is 0 Å². The second-order valence-corrected chi connectivity index (χ2v) is 2.27. The summed E-state index contributed by atoms with van der Waals surface area (Å²) in [6.07, 6.45) is 2.26. The van der Waals surface area contributed by atoms with E-state index in [0.29, 0.717) is 13.2 Å². The molecule has 1 amide bonds. The molecule has 0 aliphatic heterocycles. The second-order valence-electron chi connectivity index (χ2n) is 2.27. The van der Waals surface area contributed by atoms with Crippen LogP contribution in [-0.4, -0.2) is 19.2 Å². The third kappa shape index (κ3) is 7.16. The maximum atomic E-state index is 10.7. The molecule has 0 aliphatic rings. The molecule has 0 saturated heterocycles. The van der Waals surface area contributed by atoms with Gasteiger partial charge >= 0.3 is 6.09 Å². The maximum absolute atomic E-state index is 10.7. The minimum absolute atomic E-state index is 0.319. The van der Waals surface area contributed by atoms with Gasteiger partial charge in [-0.2, -0.15) is 0 Å². The van der Waals surface area contributed by atoms with E-state index in [9.17, 15) is 4.79 Å². The van der Waals surface area contributed by atoms with Crippen LogP contribution in [0.15, 0.2) is 0 Å². The van der Waals surface area contributed by atoms with Gasteiger partial charge in [0.15, 0.2) is 0 Å². The number of hydrogen-bond acceptors (Lipinski definition) is 2. The summed E-state index contributed by atoms with van der Waals surface area (Å²) in [6.45, 7) is 6.78. The van der Waals surface area contributed by atoms with Crippen molar-refractivity contribution in [2.75, 3.05) is 13.2 Å². The van der Waals surface area contributed by atoms with E-state index in [4.69, 9.17) is 4.74 Å². The Bertz CT molecular complexity index is 104. The van der Waals surface area contributed by atoms with Gasteiger partial charge in [0.05, 0.1) is 6.61 Å². The van der Waals surface area contributed by atoms with Gasteiger partial charge in [-0.3, -0.25) is 0 Å². The fourth-order valence-electron chi connectivity index (χ4n) is 0.545. The number of ether oxygens (including phenoxy) is 1. The predicted octanol–water partition coefficient (Wildman–Crippen LogP) is 1.74. The van der Waals surface area contributed by atoms with E-state index < -0.39 is 0 Å². The summed E-state index contributed by atoms with van der Waals surface area (Å²) in [5.74, 6) is 0. The average molecular weight is 158 g/mol. The number of rotatable bonds is 5. The van der Waals surface area contributed by atoms with Crippen molar-refractivity contribution in [1.29, 1.82) is 0 Å². The highest BCUT2D eigenvalue weighted by atomic mass is 16.5. The van der Waals surface area contributed by atoms with E-state index in [1.807, 2.05) is 6.92 Å². The van der Waals surface area contributed by atoms with Gasteiger partial charge in [0.25, 0.3) is 0 Å². The van der Waals surface area contributed by atoms with Gasteiger partial charge in [-0.1, -0.05) is 20.3 Å². The molecule has 3 nitrogen and oxygen atoms in total. The molecule has 0 aromatic rings. The van der Waals surface area contributed by atoms with E-state index in [2.05, 4.69) is 12.2 Å². The zero-order valence-electron chi connectivity index (χ0n) is 7.06. The second kappa shape index (κ2) is 7.38. The first-order chi connectivity index (χ1) is 5.31. The molecule has 11 heavy (non-hydrogen) atoms. The quantitative estimate of drug-likeness (QED) is 0.619. The van der Waals surface area contributed by atoms with Gasteiger partial charge < -0.3 is 10.1 Å². The van der Waals surface area contributed by atoms with Crippen molar-refractivity contribution >= 4 is 6.09 Å². The minimum Gasteiger partial charge on any atom is -0.450 e. The van der Waals surface area contributed by atoms with Gasteiger partial charge in [-0.15, -0.1) is 0 Å². The van der Waals surface area contributed by atoms with E-state index in [0.717, 1.165) is 19.3 Å². The maximum Gasteiger partial charge on any atom is 0.407 e. The average Bonchev–Trinajstić information content (AvgIpc) is 2.01. The molecule has 0 aliphatic carbocycles. The molecule has 1 N–H and O–H groups in total. The molecule has 0 unspecified atom stereocenters. The molecular formula is C8H16NO2. The lowest BCUT2D eigenvalue weighted by Gasteiger charge is -2.03. The highest BCUT2D eigenvalue weighted by molar-refractivity contribution is 5.66. The molecule has 0 aromatic carbocycles. The van der Waals surface area contributed by atoms with Gasteiger partial charge in [0.1, 0.15) is 0 Å². The summed E-state index contributed by atoms with van der Waals surface area (Å²) in [5.41, 5.74) is 0. The number of nitrogens with one attached hydrogen (secondary N) is 1. The molecule has 0 fully saturated rings. The smallest absolute Gasteiger partial charge is 0.407 e. The summed E-state index contributed by atoms with van der Waals surface area (Å²) in [4.78, 5) is 10.7. The highest BCUT2D eigenvalue weighted by Crippen LogP contribution is 1.87. The summed E-state index contributed by atoms with van der Waals surface area (Å²) >= 11 is 0. The Hall–Kier alpha value is -0.730. The van der Waals surface area contributed by atoms with Crippen LogP contribution in [0.4, 0.5) is 4.79 Å². The van der Waals surface area contributed by atoms with Crippen molar-refractivity contribution < 1.29 is 9.53 Å². The highest BCUT2D eigenvalue weighted by Gasteiger charge is 1.97. The number of carbonyl (C=O) groups excluding carboxylic acids is 1. The number of alkyl carbamates (subject to hydrolysis) is 1. The van der Waals surface area contributed by atoms with E-state index in [-0.39, 0.29) is 6.09 Å². The molecule has 0 atom stereocenters. The van der Waals surface area contributed by atoms with Crippen LogP contribution in [0, 0.1) is 6.92 Å². The third-order valence-electron chi connectivity index (χ3n) is 1.15. The van der Waals surface area contributed by atoms with Crippen LogP contribution in [0.2, 0.25) is 0 Å². The first-order valence-electron chi connectivity index (χ1n) is 4.01. The van der Waals surface area contributed by atoms with Gasteiger partial charge in [0.2, 0.25) is 0 Å². The third-order valence-corrected chi connectivity index (χ3v) is 1.15. The summed E-state index contributed by atoms with van der Waals surface area (Å²) < 4.78 is 4.79. The zero-order chi connectivity index (χ0) is 8.53. The zero-order valence-corrected chi connectivity index (χ0v) is 7.06. The Morgan fingerprint density at radius 3 is 2.91 bits per heavy atom. The Labute approximate surface area is 68.1 Å². The Balaban J connectivity index is 3.09. The molecular weight excluding hydrogens is 142 g/mol. The SMILES string of the molecule is [CH2]CCCOC(=O)NCCC. The normalized spacial score (nSPS) is 9.27. The fraction of sp³-hybridized carbons (Fsp3) is 0.750. The fourth-order valence-corrected chi connectivity index (χ4v) is 0.545. The molecule has 0 aromatic heterocycles. The lowest BCUT2D eigenvalue weighted by molar-refractivity contribution is 0.145. The number of amides is 1. The molecule has 0 bridgehead atoms. The van der Waals surface area contributed by atoms with Crippen molar-refractivity contribution in [2.45, 2.75) is 26.2 Å². The lowest BCUT2D eigenvalue weighted by atomic mass is 10.4. The van der Waals surface area contributed by atoms with Gasteiger partial charge in [0, 0.05) is 6.54 Å². The molecule has 0 saturated carbocycles. The first kappa shape index (κ1) is 10.3. The van der Waals surface area contributed by atoms with Crippen LogP contribution < -0.4 is 5.32 Å². The summed E-state index contributed by atoms with van der Waals surface area (Å²) in [7, 11) is 0. The van der Waals surface area contributed by atoms with Crippen LogP contribution in [-0.2, 0) is 4.74 Å². The molecule has 3 heteroatoms. The lowest BCUT2D eigenvalue weighted by Crippen LogP contribution is -2.25. The van der Waals surface area contributed by atoms with Gasteiger partial charge in [-0.05, 0) is 12.8 Å². The van der Waals surface area contributed by atoms with Crippen LogP contribution in [0.3, 0.4) is 0 Å². The summed E-state index contributed by atoms with van der Waals surface area (Å²) in [6, 6.07) is 0. The Morgan fingerprint density at radius 2 is 2.36 bits per heavy atom. The monoisotopic (exact) mass is 158 g/mol. The Kier molecular flexibility index (Phi) is 6.89. The van der Waals surface area contributed by atoms with Crippen molar-refractivity contribution in [3.8, 4) is 0 Å². The largest absolute Gasteiger partial charge is 0.450 e. The topological polar surface area (TPSA) is 38.3 Å². The number of carbonyl (C=O) groups is 1. The van der Waals surface area contributed by atoms with E-state index in [1.165, 1.54) is 0 Å². The standard InChI is InChI=1S/C8H16NO2/c1-3-5-7-11-8(10)9-6-4-2/h1,3-7H2,2H3,(H,9,10). The molecule has 65 valence electrons. The first-order valence-corrected chi connectivity index (χ1v) is 4.01. The van der Waals surface area contributed by atoms with E-state index >= 15 is 0 Å². The molecule has 1 radical (unpaired) electrons. The van der Waals surface area contributed by atoms with Crippen LogP contribution in [0.1, 0.15) is 26.2 Å². The van der Waals surface area contributed by atoms with Crippen molar-refractivity contribution in [3.63, 3.8) is 0 Å². The van der Waals surface area contributed by atoms with Gasteiger partial charge in [-0.25, -0.2) is 4.79 Å². The van der Waals surface area contributed by atoms with Crippen LogP contribution in [0.25, 0.3) is 0 Å². The van der Waals surface area contributed by atoms with Crippen molar-refractivity contribution in [2.24, 2.45) is 0 Å². The van der Waals surface area contributed by atoms with Crippen LogP contribution >= 0.6 is 0 Å². The van der Waals surface area contributed by atoms with Crippen molar-refractivity contribution in [3.05, 3.63) is 6.92 Å². The molecule has 0 heterocycles.